The van der Waals surface area contributed by atoms with E-state index in [4.69, 9.17) is 9.97 Å². The van der Waals surface area contributed by atoms with Gasteiger partial charge < -0.3 is 0 Å². The highest BCUT2D eigenvalue weighted by Gasteiger charge is 2.24. The Morgan fingerprint density at radius 3 is 0.882 bits per heavy atom. The van der Waals surface area contributed by atoms with E-state index in [1.165, 1.54) is 22.3 Å². The van der Waals surface area contributed by atoms with Crippen LogP contribution in [0.15, 0.2) is 48.5 Å². The fourth-order valence-corrected chi connectivity index (χ4v) is 3.81. The Labute approximate surface area is 208 Å². The molecular weight excluding hydrogens is 412 g/mol. The maximum atomic E-state index is 5.05. The minimum atomic E-state index is -0.0120. The summed E-state index contributed by atoms with van der Waals surface area (Å²) in [4.78, 5) is 10.1. The third kappa shape index (κ3) is 5.95. The van der Waals surface area contributed by atoms with E-state index >= 15 is 0 Å². The second-order valence-electron chi connectivity index (χ2n) is 13.8. The smallest absolute Gasteiger partial charge is 0.0466 e. The molecule has 0 unspecified atom stereocenters. The lowest BCUT2D eigenvalue weighted by Crippen LogP contribution is -2.20. The number of aromatic nitrogens is 2. The summed E-state index contributed by atoms with van der Waals surface area (Å²) in [6, 6.07) is 18.0. The van der Waals surface area contributed by atoms with E-state index in [-0.39, 0.29) is 21.7 Å². The Morgan fingerprint density at radius 1 is 0.382 bits per heavy atom. The van der Waals surface area contributed by atoms with Crippen molar-refractivity contribution >= 4 is 0 Å². The van der Waals surface area contributed by atoms with Gasteiger partial charge in [0.15, 0.2) is 0 Å². The molecule has 2 nitrogen and oxygen atoms in total. The van der Waals surface area contributed by atoms with Crippen LogP contribution in [0.3, 0.4) is 0 Å². The highest BCUT2D eigenvalue weighted by atomic mass is 14.8. The minimum Gasteiger partial charge on any atom is -0.257 e. The molecule has 0 spiro atoms. The summed E-state index contributed by atoms with van der Waals surface area (Å²) in [5, 5.41) is 0. The summed E-state index contributed by atoms with van der Waals surface area (Å²) in [5.74, 6) is 0. The zero-order valence-electron chi connectivity index (χ0n) is 23.5. The van der Waals surface area contributed by atoms with Crippen molar-refractivity contribution in [2.24, 2.45) is 0 Å². The molecule has 0 aliphatic rings. The molecular formula is C32H44N2. The maximum absolute atomic E-state index is 5.05. The molecule has 0 N–H and O–H groups in total. The van der Waals surface area contributed by atoms with E-state index in [2.05, 4.69) is 132 Å². The molecule has 0 fully saturated rings. The first-order valence-electron chi connectivity index (χ1n) is 12.5. The Morgan fingerprint density at radius 2 is 0.647 bits per heavy atom. The van der Waals surface area contributed by atoms with Crippen LogP contribution in [0.1, 0.15) is 106 Å². The average Bonchev–Trinajstić information content (AvgIpc) is 2.70. The molecule has 0 aliphatic heterocycles. The van der Waals surface area contributed by atoms with Crippen molar-refractivity contribution in [2.75, 3.05) is 0 Å². The number of hydrogen-bond donors (Lipinski definition) is 0. The monoisotopic (exact) mass is 456 g/mol. The van der Waals surface area contributed by atoms with E-state index < -0.39 is 0 Å². The van der Waals surface area contributed by atoms with E-state index in [9.17, 15) is 0 Å². The highest BCUT2D eigenvalue weighted by molar-refractivity contribution is 5.74. The van der Waals surface area contributed by atoms with Crippen LogP contribution in [0.2, 0.25) is 0 Å². The molecule has 0 saturated heterocycles. The zero-order valence-corrected chi connectivity index (χ0v) is 23.5. The molecule has 3 aromatic rings. The van der Waals surface area contributed by atoms with Crippen molar-refractivity contribution in [3.63, 3.8) is 0 Å². The van der Waals surface area contributed by atoms with Crippen LogP contribution in [0, 0.1) is 0 Å². The van der Waals surface area contributed by atoms with Gasteiger partial charge in [-0.15, -0.1) is 0 Å². The second kappa shape index (κ2) is 8.63. The van der Waals surface area contributed by atoms with Crippen LogP contribution in [-0.2, 0) is 21.7 Å². The van der Waals surface area contributed by atoms with E-state index in [0.29, 0.717) is 0 Å². The largest absolute Gasteiger partial charge is 0.257 e. The Hall–Kier alpha value is -2.48. The molecule has 2 heteroatoms. The summed E-state index contributed by atoms with van der Waals surface area (Å²) in [6.07, 6.45) is 0. The predicted octanol–water partition coefficient (Wildman–Crippen LogP) is 9.00. The summed E-state index contributed by atoms with van der Waals surface area (Å²) in [6.45, 7) is 26.8. The van der Waals surface area contributed by atoms with Crippen LogP contribution in [0.25, 0.3) is 22.3 Å². The molecule has 1 aromatic carbocycles. The van der Waals surface area contributed by atoms with Gasteiger partial charge in [0.05, 0.1) is 0 Å². The molecule has 0 amide bonds. The molecule has 0 radical (unpaired) electrons. The fraction of sp³-hybridized carbons (Fsp3) is 0.500. The van der Waals surface area contributed by atoms with Crippen LogP contribution >= 0.6 is 0 Å². The fourth-order valence-electron chi connectivity index (χ4n) is 3.81. The molecule has 2 heterocycles. The topological polar surface area (TPSA) is 25.8 Å². The molecule has 3 rings (SSSR count). The zero-order chi connectivity index (χ0) is 25.7. The van der Waals surface area contributed by atoms with Crippen molar-refractivity contribution in [1.29, 1.82) is 0 Å². The van der Waals surface area contributed by atoms with Gasteiger partial charge in [0.1, 0.15) is 0 Å². The standard InChI is InChI=1S/C32H44N2/c1-29(2,3)25-17-23(18-26(33-25)30(4,5)6)21-14-13-15-22(16-21)24-19-27(31(7,8)9)34-28(20-24)32(10,11)12/h13-20H,1-12H3. The van der Waals surface area contributed by atoms with Gasteiger partial charge in [0.25, 0.3) is 0 Å². The minimum absolute atomic E-state index is 0.0120. The number of pyridine rings is 2. The van der Waals surface area contributed by atoms with Gasteiger partial charge in [-0.1, -0.05) is 101 Å². The predicted molar refractivity (Wildman–Crippen MR) is 148 cm³/mol. The highest BCUT2D eigenvalue weighted by Crippen LogP contribution is 2.35. The maximum Gasteiger partial charge on any atom is 0.0466 e. The first-order valence-corrected chi connectivity index (χ1v) is 12.5. The average molecular weight is 457 g/mol. The van der Waals surface area contributed by atoms with Crippen molar-refractivity contribution in [3.8, 4) is 22.3 Å². The Bertz CT molecular complexity index is 1020. The van der Waals surface area contributed by atoms with Crippen molar-refractivity contribution in [1.82, 2.24) is 9.97 Å². The Balaban J connectivity index is 2.21. The molecule has 0 bridgehead atoms. The summed E-state index contributed by atoms with van der Waals surface area (Å²) in [5.41, 5.74) is 9.39. The number of nitrogens with zero attached hydrogens (tertiary/aromatic N) is 2. The second-order valence-corrected chi connectivity index (χ2v) is 13.8. The Kier molecular flexibility index (Phi) is 6.63. The van der Waals surface area contributed by atoms with Crippen molar-refractivity contribution in [2.45, 2.75) is 105 Å². The number of hydrogen-bond acceptors (Lipinski definition) is 2. The van der Waals surface area contributed by atoms with Gasteiger partial charge in [-0.2, -0.15) is 0 Å². The van der Waals surface area contributed by atoms with Crippen LogP contribution < -0.4 is 0 Å². The normalized spacial score (nSPS) is 13.3. The van der Waals surface area contributed by atoms with E-state index in [0.717, 1.165) is 22.8 Å². The molecule has 0 atom stereocenters. The molecule has 0 saturated carbocycles. The SMILES string of the molecule is CC(C)(C)c1cc(-c2cccc(-c3cc(C(C)(C)C)nc(C(C)(C)C)c3)c2)cc(C(C)(C)C)n1. The quantitative estimate of drug-likeness (QED) is 0.384. The van der Waals surface area contributed by atoms with Gasteiger partial charge >= 0.3 is 0 Å². The molecule has 2 aromatic heterocycles. The van der Waals surface area contributed by atoms with Crippen LogP contribution in [-0.4, -0.2) is 9.97 Å². The lowest BCUT2D eigenvalue weighted by molar-refractivity contribution is 0.531. The van der Waals surface area contributed by atoms with E-state index in [1.54, 1.807) is 0 Å². The third-order valence-corrected chi connectivity index (χ3v) is 6.25. The third-order valence-electron chi connectivity index (χ3n) is 6.25. The molecule has 34 heavy (non-hydrogen) atoms. The summed E-state index contributed by atoms with van der Waals surface area (Å²) in [7, 11) is 0. The summed E-state index contributed by atoms with van der Waals surface area (Å²) < 4.78 is 0. The van der Waals surface area contributed by atoms with Gasteiger partial charge in [-0.05, 0) is 52.6 Å². The first kappa shape index (κ1) is 26.1. The first-order chi connectivity index (χ1) is 15.4. The lowest BCUT2D eigenvalue weighted by Gasteiger charge is -2.25. The summed E-state index contributed by atoms with van der Waals surface area (Å²) >= 11 is 0. The van der Waals surface area contributed by atoms with Crippen molar-refractivity contribution < 1.29 is 0 Å². The number of benzene rings is 1. The van der Waals surface area contributed by atoms with Crippen LogP contribution in [0.5, 0.6) is 0 Å². The van der Waals surface area contributed by atoms with Gasteiger partial charge in [0.2, 0.25) is 0 Å². The lowest BCUT2D eigenvalue weighted by atomic mass is 9.84. The van der Waals surface area contributed by atoms with Gasteiger partial charge in [-0.25, -0.2) is 0 Å². The van der Waals surface area contributed by atoms with Gasteiger partial charge in [-0.3, -0.25) is 9.97 Å². The number of rotatable bonds is 2. The molecule has 182 valence electrons. The van der Waals surface area contributed by atoms with Gasteiger partial charge in [0, 0.05) is 44.4 Å². The van der Waals surface area contributed by atoms with Crippen LogP contribution in [0.4, 0.5) is 0 Å². The molecule has 0 aliphatic carbocycles. The van der Waals surface area contributed by atoms with Crippen molar-refractivity contribution in [3.05, 3.63) is 71.3 Å². The van der Waals surface area contributed by atoms with E-state index in [1.807, 2.05) is 0 Å².